The molecule has 5 aromatic carbocycles. The van der Waals surface area contributed by atoms with Crippen molar-refractivity contribution < 1.29 is 49.3 Å². The molecule has 0 aliphatic carbocycles. The molecule has 0 unspecified atom stereocenters. The minimum Gasteiger partial charge on any atom is -0.309 e. The Balaban J connectivity index is 1.77. The van der Waals surface area contributed by atoms with Gasteiger partial charge in [-0.15, -0.1) is 0 Å². The molecule has 0 atom stereocenters. The van der Waals surface area contributed by atoms with Gasteiger partial charge in [0.15, 0.2) is 0 Å². The van der Waals surface area contributed by atoms with Gasteiger partial charge in [-0.25, -0.2) is 0 Å². The summed E-state index contributed by atoms with van der Waals surface area (Å²) < 4.78 is 314. The second-order valence-electron chi connectivity index (χ2n) is 9.34. The van der Waals surface area contributed by atoms with Gasteiger partial charge in [-0.1, -0.05) is 95.5 Å². The topological polar surface area (TPSA) is 9.86 Å². The molecule has 2 aromatic heterocycles. The normalized spacial score (nSPS) is 27.6. The van der Waals surface area contributed by atoms with Crippen LogP contribution in [0.5, 0.6) is 0 Å². The van der Waals surface area contributed by atoms with Gasteiger partial charge in [-0.2, -0.15) is 0 Å². The molecule has 2 nitrogen and oxygen atoms in total. The molecule has 0 spiro atoms. The number of aromatic nitrogens is 2. The van der Waals surface area contributed by atoms with Crippen molar-refractivity contribution in [2.24, 2.45) is 0 Å². The fourth-order valence-electron chi connectivity index (χ4n) is 4.82. The highest BCUT2D eigenvalue weighted by Gasteiger charge is 2.22. The maximum atomic E-state index is 9.54. The van der Waals surface area contributed by atoms with Crippen LogP contribution in [0.2, 0.25) is 0 Å². The van der Waals surface area contributed by atoms with Crippen molar-refractivity contribution in [3.63, 3.8) is 0 Å². The first-order chi connectivity index (χ1) is 35.0. The first-order valence-electron chi connectivity index (χ1n) is 30.2. The summed E-state index contributed by atoms with van der Waals surface area (Å²) in [5.41, 5.74) is -15.9. The molecule has 42 heavy (non-hydrogen) atoms. The largest absolute Gasteiger partial charge is 0.309 e. The minimum absolute atomic E-state index is 0.417. The highest BCUT2D eigenvalue weighted by atomic mass is 15.0. The van der Waals surface area contributed by atoms with E-state index >= 15 is 0 Å². The Morgan fingerprint density at radius 3 is 1.50 bits per heavy atom. The molecule has 0 radical (unpaired) electrons. The molecule has 0 aliphatic heterocycles. The van der Waals surface area contributed by atoms with Gasteiger partial charge in [0.1, 0.15) is 0 Å². The number of rotatable bonds is 6. The Morgan fingerprint density at radius 2 is 1.05 bits per heavy atom. The van der Waals surface area contributed by atoms with Crippen molar-refractivity contribution in [3.8, 4) is 11.4 Å². The van der Waals surface area contributed by atoms with Gasteiger partial charge in [0, 0.05) is 63.1 Å². The van der Waals surface area contributed by atoms with E-state index in [2.05, 4.69) is 0 Å². The third-order valence-electron chi connectivity index (χ3n) is 6.79. The summed E-state index contributed by atoms with van der Waals surface area (Å²) in [5, 5.41) is -3.42. The van der Waals surface area contributed by atoms with Crippen LogP contribution in [0.25, 0.3) is 55.0 Å². The van der Waals surface area contributed by atoms with Crippen LogP contribution in [0.1, 0.15) is 114 Å². The van der Waals surface area contributed by atoms with Crippen molar-refractivity contribution in [2.75, 3.05) is 0 Å². The Kier molecular flexibility index (Phi) is 1.83. The minimum atomic E-state index is -4.40. The number of fused-ring (bicyclic) bond motifs is 6. The van der Waals surface area contributed by atoms with E-state index in [0.29, 0.717) is 0 Å². The van der Waals surface area contributed by atoms with Gasteiger partial charge in [-0.05, 0) is 89.2 Å². The number of benzene rings is 5. The molecule has 210 valence electrons. The predicted molar refractivity (Wildman–Crippen MR) is 182 cm³/mol. The molecule has 0 saturated heterocycles. The third-order valence-corrected chi connectivity index (χ3v) is 6.79. The van der Waals surface area contributed by atoms with Crippen LogP contribution in [-0.4, -0.2) is 9.13 Å². The summed E-state index contributed by atoms with van der Waals surface area (Å²) in [6, 6.07) is -12.4. The molecule has 0 bridgehead atoms. The van der Waals surface area contributed by atoms with E-state index in [4.69, 9.17) is 41.1 Å². The molecule has 7 aromatic rings. The van der Waals surface area contributed by atoms with Gasteiger partial charge < -0.3 is 9.13 Å². The van der Waals surface area contributed by atoms with Crippen LogP contribution in [0.4, 0.5) is 0 Å². The molecule has 0 aliphatic rings. The standard InChI is InChI=1S/C40H40N2/c1-7-39(3,4)27-20-22-37-33(24-27)31-16-9-11-18-35(31)41(37)29-14-13-15-30(26-29)42-36-19-12-10-17-32(36)34-25-28(21-23-38(34)42)40(5,6)8-2/h9-26H,7-8H2,1-6H3/i1D3,2D3,3D3,4D3,5D3,6D3,7D2,8D2,9D,10D,11D,12D,16D,17D,18D,19D,20D,21D,22D,23D,24D,25D. The summed E-state index contributed by atoms with van der Waals surface area (Å²) in [6.07, 6.45) is -8.80. The van der Waals surface area contributed by atoms with Gasteiger partial charge >= 0.3 is 0 Å². The van der Waals surface area contributed by atoms with Crippen molar-refractivity contribution in [2.45, 2.75) is 64.7 Å². The maximum absolute atomic E-state index is 9.54. The zero-order valence-electron chi connectivity index (χ0n) is 57.2. The second kappa shape index (κ2) is 9.63. The van der Waals surface area contributed by atoms with Crippen molar-refractivity contribution in [3.05, 3.63) is 120 Å². The third kappa shape index (κ3) is 4.00. The highest BCUT2D eigenvalue weighted by molar-refractivity contribution is 6.11. The zero-order valence-corrected chi connectivity index (χ0v) is 21.2. The Bertz CT molecular complexity index is 3440. The quantitative estimate of drug-likeness (QED) is 0.184. The molecule has 0 saturated carbocycles. The average Bonchev–Trinajstić information content (AvgIpc) is 3.83. The Morgan fingerprint density at radius 1 is 0.595 bits per heavy atom. The lowest BCUT2D eigenvalue weighted by atomic mass is 9.82. The molecular weight excluding hydrogens is 508 g/mol. The summed E-state index contributed by atoms with van der Waals surface area (Å²) in [7, 11) is 0. The monoisotopic (exact) mass is 585 g/mol. The first-order valence-corrected chi connectivity index (χ1v) is 12.2. The fraction of sp³-hybridized carbons (Fsp3) is 0.250. The average molecular weight is 585 g/mol. The number of hydrogen-bond donors (Lipinski definition) is 0. The van der Waals surface area contributed by atoms with Crippen molar-refractivity contribution in [1.82, 2.24) is 9.13 Å². The summed E-state index contributed by atoms with van der Waals surface area (Å²) in [6.45, 7) is -25.5. The summed E-state index contributed by atoms with van der Waals surface area (Å²) in [4.78, 5) is 0. The predicted octanol–water partition coefficient (Wildman–Crippen LogP) is 11.3. The lowest BCUT2D eigenvalue weighted by Crippen LogP contribution is -2.15. The van der Waals surface area contributed by atoms with Crippen LogP contribution < -0.4 is 0 Å². The van der Waals surface area contributed by atoms with E-state index in [0.717, 1.165) is 33.4 Å². The van der Waals surface area contributed by atoms with Gasteiger partial charge in [0.05, 0.1) is 41.3 Å². The Labute approximate surface area is 299 Å². The van der Waals surface area contributed by atoms with E-state index in [9.17, 15) is 8.22 Å². The molecule has 7 rings (SSSR count). The lowest BCUT2D eigenvalue weighted by molar-refractivity contribution is 0.507. The van der Waals surface area contributed by atoms with E-state index in [1.165, 1.54) is 0 Å². The van der Waals surface area contributed by atoms with Crippen LogP contribution >= 0.6 is 0 Å². The molecule has 0 N–H and O–H groups in total. The van der Waals surface area contributed by atoms with Gasteiger partial charge in [-0.3, -0.25) is 0 Å². The highest BCUT2D eigenvalue weighted by Crippen LogP contribution is 2.39. The van der Waals surface area contributed by atoms with E-state index < -0.39 is 215 Å². The van der Waals surface area contributed by atoms with Gasteiger partial charge in [0.25, 0.3) is 0 Å². The molecular formula is C40H40N2. The van der Waals surface area contributed by atoms with Crippen molar-refractivity contribution >= 4 is 43.6 Å². The summed E-state index contributed by atoms with van der Waals surface area (Å²) >= 11 is 0. The first kappa shape index (κ1) is 7.99. The molecule has 2 heteroatoms. The zero-order chi connectivity index (χ0) is 60.0. The SMILES string of the molecule is [2H]c1c([2H])c([2H])c2c(c1[2H])c1c([2H])c(C(C([2H])([2H])[2H])(C([2H])([2H])[2H])C([2H])([2H])C([2H])([2H])[2H])c([2H])c([2H])c1n2-c1cccc(-n2c3c([2H])c([2H])c([2H])c([2H])c3c3c([2H])c(C(C([2H])([2H])[2H])(C([2H])([2H])[2H])C([2H])([2H])C([2H])([2H])[2H])c([2H])c([2H])c32)c1. The summed E-state index contributed by atoms with van der Waals surface area (Å²) in [5.74, 6) is 0. The Hall–Kier alpha value is -4.30. The maximum Gasteiger partial charge on any atom is 0.0645 e. The molecule has 2 heterocycles. The molecule has 0 amide bonds. The van der Waals surface area contributed by atoms with Crippen molar-refractivity contribution in [1.29, 1.82) is 0 Å². The van der Waals surface area contributed by atoms with Crippen LogP contribution in [-0.2, 0) is 10.8 Å². The van der Waals surface area contributed by atoms with Gasteiger partial charge in [0.2, 0.25) is 0 Å². The van der Waals surface area contributed by atoms with Crippen LogP contribution in [0.15, 0.2) is 109 Å². The molecule has 0 fully saturated rings. The fourth-order valence-corrected chi connectivity index (χ4v) is 4.82. The van der Waals surface area contributed by atoms with E-state index in [-0.39, 0.29) is 0 Å². The smallest absolute Gasteiger partial charge is 0.0645 e. The number of para-hydroxylation sites is 2. The van der Waals surface area contributed by atoms with E-state index in [1.807, 2.05) is 0 Å². The van der Waals surface area contributed by atoms with E-state index in [1.54, 1.807) is 0 Å². The number of hydrogen-bond acceptors (Lipinski definition) is 0. The van der Waals surface area contributed by atoms with Crippen LogP contribution in [0, 0.1) is 0 Å². The number of nitrogens with zero attached hydrogens (tertiary/aromatic N) is 2. The van der Waals surface area contributed by atoms with Crippen LogP contribution in [0.3, 0.4) is 0 Å². The lowest BCUT2D eigenvalue weighted by Gasteiger charge is -2.23. The second-order valence-corrected chi connectivity index (χ2v) is 9.34.